The molecule has 2 aromatic carbocycles. The summed E-state index contributed by atoms with van der Waals surface area (Å²) >= 11 is 6.25. The first kappa shape index (κ1) is 21.7. The second-order valence-electron chi connectivity index (χ2n) is 7.70. The zero-order valence-electron chi connectivity index (χ0n) is 18.2. The van der Waals surface area contributed by atoms with Crippen LogP contribution in [0.4, 0.5) is 5.82 Å². The number of hydrogen-bond donors (Lipinski definition) is 1. The molecule has 2 heterocycles. The Morgan fingerprint density at radius 3 is 2.72 bits per heavy atom. The van der Waals surface area contributed by atoms with E-state index in [4.69, 9.17) is 20.8 Å². The second-order valence-corrected chi connectivity index (χ2v) is 8.10. The maximum Gasteiger partial charge on any atom is 0.292 e. The van der Waals surface area contributed by atoms with Gasteiger partial charge in [0.1, 0.15) is 18.1 Å². The van der Waals surface area contributed by atoms with Crippen LogP contribution in [0.2, 0.25) is 5.02 Å². The summed E-state index contributed by atoms with van der Waals surface area (Å²) in [7, 11) is 0. The largest absolute Gasteiger partial charge is 0.485 e. The third-order valence-electron chi connectivity index (χ3n) is 5.10. The molecular formula is C25H24ClN3O3. The molecule has 0 atom stereocenters. The summed E-state index contributed by atoms with van der Waals surface area (Å²) in [6, 6.07) is 18.8. The average molecular weight is 450 g/mol. The Balaban J connectivity index is 1.39. The Morgan fingerprint density at radius 2 is 1.91 bits per heavy atom. The summed E-state index contributed by atoms with van der Waals surface area (Å²) < 4.78 is 13.3. The fourth-order valence-corrected chi connectivity index (χ4v) is 3.48. The van der Waals surface area contributed by atoms with E-state index in [0.29, 0.717) is 23.1 Å². The Labute approximate surface area is 191 Å². The van der Waals surface area contributed by atoms with Crippen LogP contribution in [0.15, 0.2) is 65.1 Å². The first-order valence-electron chi connectivity index (χ1n) is 10.3. The third-order valence-corrected chi connectivity index (χ3v) is 5.47. The van der Waals surface area contributed by atoms with E-state index in [1.54, 1.807) is 16.8 Å². The van der Waals surface area contributed by atoms with Crippen LogP contribution in [0, 0.1) is 20.8 Å². The maximum atomic E-state index is 12.6. The van der Waals surface area contributed by atoms with Gasteiger partial charge in [-0.2, -0.15) is 5.10 Å². The number of hydrogen-bond acceptors (Lipinski definition) is 4. The van der Waals surface area contributed by atoms with Crippen molar-refractivity contribution in [3.63, 3.8) is 0 Å². The van der Waals surface area contributed by atoms with Gasteiger partial charge in [-0.25, -0.2) is 0 Å². The van der Waals surface area contributed by atoms with Gasteiger partial charge in [0.2, 0.25) is 0 Å². The molecule has 0 unspecified atom stereocenters. The van der Waals surface area contributed by atoms with Crippen LogP contribution in [0.3, 0.4) is 0 Å². The molecule has 164 valence electrons. The number of halogens is 1. The summed E-state index contributed by atoms with van der Waals surface area (Å²) in [5.74, 6) is 1.64. The number of anilines is 1. The number of aromatic nitrogens is 2. The summed E-state index contributed by atoms with van der Waals surface area (Å²) in [5.41, 5.74) is 4.03. The van der Waals surface area contributed by atoms with Gasteiger partial charge in [0.05, 0.1) is 6.54 Å². The molecule has 0 aliphatic rings. The molecule has 6 nitrogen and oxygen atoms in total. The molecule has 0 radical (unpaired) electrons. The lowest BCUT2D eigenvalue weighted by molar-refractivity contribution is 0.0992. The fourth-order valence-electron chi connectivity index (χ4n) is 3.29. The maximum absolute atomic E-state index is 12.6. The zero-order chi connectivity index (χ0) is 22.7. The molecule has 32 heavy (non-hydrogen) atoms. The van der Waals surface area contributed by atoms with Crippen LogP contribution in [0.1, 0.15) is 38.7 Å². The standard InChI is InChI=1S/C25H24ClN3O3/c1-16-8-9-17(2)23(12-16)31-15-20-10-11-22(32-20)25(30)27-24-13-18(3)29(28-24)14-19-6-4-5-7-21(19)26/h4-13H,14-15H2,1-3H3,(H,27,28,30). The molecule has 0 aliphatic carbocycles. The average Bonchev–Trinajstić information content (AvgIpc) is 3.37. The lowest BCUT2D eigenvalue weighted by Crippen LogP contribution is -2.12. The highest BCUT2D eigenvalue weighted by atomic mass is 35.5. The van der Waals surface area contributed by atoms with Crippen molar-refractivity contribution >= 4 is 23.3 Å². The predicted molar refractivity (Wildman–Crippen MR) is 124 cm³/mol. The summed E-state index contributed by atoms with van der Waals surface area (Å²) in [4.78, 5) is 12.6. The molecule has 1 N–H and O–H groups in total. The highest BCUT2D eigenvalue weighted by molar-refractivity contribution is 6.31. The number of furan rings is 1. The van der Waals surface area contributed by atoms with Gasteiger partial charge in [-0.3, -0.25) is 9.48 Å². The summed E-state index contributed by atoms with van der Waals surface area (Å²) in [6.45, 7) is 6.68. The molecular weight excluding hydrogens is 426 g/mol. The number of nitrogens with one attached hydrogen (secondary N) is 1. The van der Waals surface area contributed by atoms with Crippen molar-refractivity contribution in [2.45, 2.75) is 33.9 Å². The van der Waals surface area contributed by atoms with Crippen molar-refractivity contribution in [3.05, 3.63) is 99.6 Å². The minimum absolute atomic E-state index is 0.197. The number of ether oxygens (including phenoxy) is 1. The molecule has 2 aromatic heterocycles. The summed E-state index contributed by atoms with van der Waals surface area (Å²) in [6.07, 6.45) is 0. The molecule has 0 saturated carbocycles. The fraction of sp³-hybridized carbons (Fsp3) is 0.200. The number of carbonyl (C=O) groups is 1. The molecule has 0 aliphatic heterocycles. The van der Waals surface area contributed by atoms with Gasteiger partial charge < -0.3 is 14.5 Å². The van der Waals surface area contributed by atoms with Crippen LogP contribution >= 0.6 is 11.6 Å². The topological polar surface area (TPSA) is 69.3 Å². The molecule has 4 rings (SSSR count). The molecule has 0 saturated heterocycles. The minimum Gasteiger partial charge on any atom is -0.485 e. The number of nitrogens with zero attached hydrogens (tertiary/aromatic N) is 2. The van der Waals surface area contributed by atoms with Crippen LogP contribution in [0.25, 0.3) is 0 Å². The van der Waals surface area contributed by atoms with Crippen LogP contribution in [0.5, 0.6) is 5.75 Å². The molecule has 0 bridgehead atoms. The first-order valence-corrected chi connectivity index (χ1v) is 10.6. The van der Waals surface area contributed by atoms with Crippen molar-refractivity contribution in [1.82, 2.24) is 9.78 Å². The SMILES string of the molecule is Cc1ccc(C)c(OCc2ccc(C(=O)Nc3cc(C)n(Cc4ccccc4Cl)n3)o2)c1. The molecule has 0 fully saturated rings. The van der Waals surface area contributed by atoms with Gasteiger partial charge in [0, 0.05) is 16.8 Å². The lowest BCUT2D eigenvalue weighted by atomic mass is 10.1. The van der Waals surface area contributed by atoms with Crippen molar-refractivity contribution < 1.29 is 13.9 Å². The summed E-state index contributed by atoms with van der Waals surface area (Å²) in [5, 5.41) is 7.94. The number of aryl methyl sites for hydroxylation is 3. The van der Waals surface area contributed by atoms with Gasteiger partial charge in [-0.15, -0.1) is 0 Å². The van der Waals surface area contributed by atoms with E-state index in [9.17, 15) is 4.79 Å². The number of amides is 1. The Kier molecular flexibility index (Phi) is 6.32. The molecule has 7 heteroatoms. The highest BCUT2D eigenvalue weighted by Gasteiger charge is 2.15. The van der Waals surface area contributed by atoms with Gasteiger partial charge >= 0.3 is 0 Å². The quantitative estimate of drug-likeness (QED) is 0.379. The number of benzene rings is 2. The smallest absolute Gasteiger partial charge is 0.292 e. The van der Waals surface area contributed by atoms with Crippen molar-refractivity contribution in [1.29, 1.82) is 0 Å². The van der Waals surface area contributed by atoms with Crippen molar-refractivity contribution in [2.75, 3.05) is 5.32 Å². The number of rotatable bonds is 7. The van der Waals surface area contributed by atoms with Crippen LogP contribution < -0.4 is 10.1 Å². The normalized spacial score (nSPS) is 10.9. The van der Waals surface area contributed by atoms with Gasteiger partial charge in [-0.05, 0) is 61.7 Å². The van der Waals surface area contributed by atoms with E-state index in [0.717, 1.165) is 28.1 Å². The Hall–Kier alpha value is -3.51. The van der Waals surface area contributed by atoms with Crippen LogP contribution in [-0.4, -0.2) is 15.7 Å². The molecule has 0 spiro atoms. The minimum atomic E-state index is -0.370. The van der Waals surface area contributed by atoms with E-state index in [2.05, 4.69) is 10.4 Å². The predicted octanol–water partition coefficient (Wildman–Crippen LogP) is 5.93. The van der Waals surface area contributed by atoms with Gasteiger partial charge in [0.25, 0.3) is 5.91 Å². The third kappa shape index (κ3) is 5.03. The monoisotopic (exact) mass is 449 g/mol. The highest BCUT2D eigenvalue weighted by Crippen LogP contribution is 2.22. The molecule has 1 amide bonds. The van der Waals surface area contributed by atoms with E-state index >= 15 is 0 Å². The van der Waals surface area contributed by atoms with Crippen molar-refractivity contribution in [3.8, 4) is 5.75 Å². The Morgan fingerprint density at radius 1 is 1.09 bits per heavy atom. The van der Waals surface area contributed by atoms with Gasteiger partial charge in [0.15, 0.2) is 11.6 Å². The Bertz CT molecular complexity index is 1260. The second kappa shape index (κ2) is 9.32. The molecule has 4 aromatic rings. The first-order chi connectivity index (χ1) is 15.4. The van der Waals surface area contributed by atoms with E-state index in [1.807, 2.05) is 69.3 Å². The van der Waals surface area contributed by atoms with Gasteiger partial charge in [-0.1, -0.05) is 41.9 Å². The lowest BCUT2D eigenvalue weighted by Gasteiger charge is -2.08. The van der Waals surface area contributed by atoms with Crippen molar-refractivity contribution in [2.24, 2.45) is 0 Å². The van der Waals surface area contributed by atoms with E-state index in [-0.39, 0.29) is 18.3 Å². The van der Waals surface area contributed by atoms with E-state index in [1.165, 1.54) is 0 Å². The van der Waals surface area contributed by atoms with E-state index < -0.39 is 0 Å². The van der Waals surface area contributed by atoms with Crippen LogP contribution in [-0.2, 0) is 13.2 Å². The zero-order valence-corrected chi connectivity index (χ0v) is 18.9. The number of carbonyl (C=O) groups excluding carboxylic acids is 1.